The first-order chi connectivity index (χ1) is 12.2. The van der Waals surface area contributed by atoms with Crippen LogP contribution < -0.4 is 0 Å². The van der Waals surface area contributed by atoms with Crippen molar-refractivity contribution in [1.29, 1.82) is 0 Å². The molecule has 2 atom stereocenters. The third kappa shape index (κ3) is 2.41. The molecule has 2 aliphatic rings. The van der Waals surface area contributed by atoms with Crippen LogP contribution in [0.5, 0.6) is 0 Å². The lowest BCUT2D eigenvalue weighted by Crippen LogP contribution is -2.29. The van der Waals surface area contributed by atoms with Crippen molar-refractivity contribution < 1.29 is 0 Å². The number of fused-ring (bicyclic) bond motifs is 3. The summed E-state index contributed by atoms with van der Waals surface area (Å²) in [6, 6.07) is 11.4. The number of hydrogen-bond acceptors (Lipinski definition) is 2. The molecule has 0 bridgehead atoms. The zero-order chi connectivity index (χ0) is 17.0. The molecule has 0 aliphatic carbocycles. The Labute approximate surface area is 149 Å². The van der Waals surface area contributed by atoms with Gasteiger partial charge in [-0.2, -0.15) is 0 Å². The molecule has 128 valence electrons. The molecule has 3 aromatic rings. The summed E-state index contributed by atoms with van der Waals surface area (Å²) >= 11 is 0. The Balaban J connectivity index is 1.70. The SMILES string of the molecule is Cc1ccc2c(c1)c1c3n2CC(c2ccncc2)CC3CN(C)CC1. The van der Waals surface area contributed by atoms with Crippen LogP contribution in [0.2, 0.25) is 0 Å². The summed E-state index contributed by atoms with van der Waals surface area (Å²) in [6.07, 6.45) is 6.30. The van der Waals surface area contributed by atoms with E-state index in [2.05, 4.69) is 58.8 Å². The van der Waals surface area contributed by atoms with Crippen molar-refractivity contribution in [2.24, 2.45) is 0 Å². The van der Waals surface area contributed by atoms with Gasteiger partial charge in [0.15, 0.2) is 0 Å². The number of benzene rings is 1. The van der Waals surface area contributed by atoms with Crippen molar-refractivity contribution in [2.75, 3.05) is 20.1 Å². The maximum atomic E-state index is 4.21. The molecule has 2 unspecified atom stereocenters. The van der Waals surface area contributed by atoms with Crippen LogP contribution in [0.25, 0.3) is 10.9 Å². The quantitative estimate of drug-likeness (QED) is 0.669. The molecular weight excluding hydrogens is 306 g/mol. The average Bonchev–Trinajstić information content (AvgIpc) is 2.82. The summed E-state index contributed by atoms with van der Waals surface area (Å²) in [6.45, 7) is 5.64. The zero-order valence-corrected chi connectivity index (χ0v) is 15.1. The number of likely N-dealkylation sites (N-methyl/N-ethyl adjacent to an activating group) is 1. The van der Waals surface area contributed by atoms with Gasteiger partial charge in [0.2, 0.25) is 0 Å². The van der Waals surface area contributed by atoms with Crippen LogP contribution in [0.15, 0.2) is 42.7 Å². The molecule has 0 saturated heterocycles. The molecule has 0 amide bonds. The Morgan fingerprint density at radius 2 is 1.88 bits per heavy atom. The predicted octanol–water partition coefficient (Wildman–Crippen LogP) is 4.10. The van der Waals surface area contributed by atoms with Crippen LogP contribution in [-0.4, -0.2) is 34.6 Å². The predicted molar refractivity (Wildman–Crippen MR) is 102 cm³/mol. The van der Waals surface area contributed by atoms with Crippen molar-refractivity contribution in [3.05, 3.63) is 65.1 Å². The molecule has 0 N–H and O–H groups in total. The van der Waals surface area contributed by atoms with Crippen molar-refractivity contribution in [3.63, 3.8) is 0 Å². The molecule has 1 aromatic carbocycles. The van der Waals surface area contributed by atoms with Crippen LogP contribution in [0, 0.1) is 6.92 Å². The number of pyridine rings is 1. The summed E-state index contributed by atoms with van der Waals surface area (Å²) in [7, 11) is 2.28. The number of rotatable bonds is 1. The normalized spacial score (nSPS) is 23.4. The standard InChI is InChI=1S/C22H25N3/c1-15-3-4-21-20(11-15)19-7-10-24(2)13-18-12-17(14-25(21)22(18)19)16-5-8-23-9-6-16/h3-6,8-9,11,17-18H,7,10,12-14H2,1-2H3. The van der Waals surface area contributed by atoms with E-state index < -0.39 is 0 Å². The zero-order valence-electron chi connectivity index (χ0n) is 15.1. The number of hydrogen-bond donors (Lipinski definition) is 0. The summed E-state index contributed by atoms with van der Waals surface area (Å²) < 4.78 is 2.64. The van der Waals surface area contributed by atoms with Crippen molar-refractivity contribution in [1.82, 2.24) is 14.5 Å². The lowest BCUT2D eigenvalue weighted by molar-refractivity contribution is 0.290. The van der Waals surface area contributed by atoms with Crippen LogP contribution in [0.1, 0.15) is 40.6 Å². The van der Waals surface area contributed by atoms with Gasteiger partial charge < -0.3 is 9.47 Å². The smallest absolute Gasteiger partial charge is 0.0485 e. The van der Waals surface area contributed by atoms with E-state index >= 15 is 0 Å². The molecule has 0 fully saturated rings. The Kier molecular flexibility index (Phi) is 3.46. The maximum absolute atomic E-state index is 4.21. The lowest BCUT2D eigenvalue weighted by Gasteiger charge is -2.33. The highest BCUT2D eigenvalue weighted by Gasteiger charge is 2.34. The molecule has 0 saturated carbocycles. The molecule has 4 heterocycles. The first-order valence-corrected chi connectivity index (χ1v) is 9.41. The Morgan fingerprint density at radius 3 is 2.72 bits per heavy atom. The largest absolute Gasteiger partial charge is 0.343 e. The fourth-order valence-corrected chi connectivity index (χ4v) is 5.04. The van der Waals surface area contributed by atoms with Gasteiger partial charge in [-0.1, -0.05) is 11.6 Å². The average molecular weight is 331 g/mol. The van der Waals surface area contributed by atoms with Gasteiger partial charge in [-0.15, -0.1) is 0 Å². The third-order valence-electron chi connectivity index (χ3n) is 6.18. The van der Waals surface area contributed by atoms with Crippen molar-refractivity contribution >= 4 is 10.9 Å². The summed E-state index contributed by atoms with van der Waals surface area (Å²) in [5.74, 6) is 1.21. The topological polar surface area (TPSA) is 21.1 Å². The monoisotopic (exact) mass is 331 g/mol. The minimum atomic E-state index is 0.580. The highest BCUT2D eigenvalue weighted by molar-refractivity contribution is 5.87. The summed E-state index contributed by atoms with van der Waals surface area (Å²) in [4.78, 5) is 6.73. The Morgan fingerprint density at radius 1 is 1.04 bits per heavy atom. The van der Waals surface area contributed by atoms with Gasteiger partial charge in [-0.3, -0.25) is 4.98 Å². The lowest BCUT2D eigenvalue weighted by atomic mass is 9.83. The fraction of sp³-hybridized carbons (Fsp3) is 0.409. The van der Waals surface area contributed by atoms with E-state index in [4.69, 9.17) is 0 Å². The third-order valence-corrected chi connectivity index (χ3v) is 6.18. The van der Waals surface area contributed by atoms with Gasteiger partial charge in [0.05, 0.1) is 0 Å². The molecule has 3 heteroatoms. The molecule has 5 rings (SSSR count). The van der Waals surface area contributed by atoms with Crippen LogP contribution >= 0.6 is 0 Å². The number of nitrogens with zero attached hydrogens (tertiary/aromatic N) is 3. The Hall–Kier alpha value is -2.13. The molecule has 2 aliphatic heterocycles. The van der Waals surface area contributed by atoms with Gasteiger partial charge in [-0.25, -0.2) is 0 Å². The Bertz CT molecular complexity index is 925. The maximum Gasteiger partial charge on any atom is 0.0485 e. The first-order valence-electron chi connectivity index (χ1n) is 9.41. The fourth-order valence-electron chi connectivity index (χ4n) is 5.04. The first kappa shape index (κ1) is 15.2. The molecule has 25 heavy (non-hydrogen) atoms. The molecular formula is C22H25N3. The summed E-state index contributed by atoms with van der Waals surface area (Å²) in [5.41, 5.74) is 7.47. The van der Waals surface area contributed by atoms with Crippen LogP contribution in [0.3, 0.4) is 0 Å². The molecule has 0 spiro atoms. The molecule has 0 radical (unpaired) electrons. The van der Waals surface area contributed by atoms with E-state index in [1.54, 1.807) is 11.3 Å². The van der Waals surface area contributed by atoms with Crippen molar-refractivity contribution in [2.45, 2.75) is 38.1 Å². The van der Waals surface area contributed by atoms with E-state index in [9.17, 15) is 0 Å². The minimum Gasteiger partial charge on any atom is -0.343 e. The van der Waals surface area contributed by atoms with E-state index in [0.29, 0.717) is 11.8 Å². The van der Waals surface area contributed by atoms with Gasteiger partial charge in [0.25, 0.3) is 0 Å². The van der Waals surface area contributed by atoms with Gasteiger partial charge in [0, 0.05) is 60.5 Å². The van der Waals surface area contributed by atoms with Crippen molar-refractivity contribution in [3.8, 4) is 0 Å². The van der Waals surface area contributed by atoms with Crippen LogP contribution in [-0.2, 0) is 13.0 Å². The van der Waals surface area contributed by atoms with Gasteiger partial charge in [-0.05, 0) is 62.2 Å². The second-order valence-electron chi connectivity index (χ2n) is 7.92. The van der Waals surface area contributed by atoms with Gasteiger partial charge >= 0.3 is 0 Å². The van der Waals surface area contributed by atoms with E-state index in [1.165, 1.54) is 41.4 Å². The second-order valence-corrected chi connectivity index (χ2v) is 7.92. The highest BCUT2D eigenvalue weighted by atomic mass is 15.1. The van der Waals surface area contributed by atoms with Gasteiger partial charge in [0.1, 0.15) is 0 Å². The summed E-state index contributed by atoms with van der Waals surface area (Å²) in [5, 5.41) is 1.49. The van der Waals surface area contributed by atoms with E-state index in [1.807, 2.05) is 12.4 Å². The van der Waals surface area contributed by atoms with E-state index in [0.717, 1.165) is 13.1 Å². The highest BCUT2D eigenvalue weighted by Crippen LogP contribution is 2.44. The second kappa shape index (κ2) is 5.70. The van der Waals surface area contributed by atoms with Crippen LogP contribution in [0.4, 0.5) is 0 Å². The number of aryl methyl sites for hydroxylation is 1. The molecule has 3 nitrogen and oxygen atoms in total. The minimum absolute atomic E-state index is 0.580. The molecule has 2 aromatic heterocycles. The number of aromatic nitrogens is 2. The van der Waals surface area contributed by atoms with E-state index in [-0.39, 0.29) is 0 Å².